The van der Waals surface area contributed by atoms with Crippen LogP contribution in [0.1, 0.15) is 24.5 Å². The molecule has 0 spiro atoms. The third-order valence-electron chi connectivity index (χ3n) is 2.97. The van der Waals surface area contributed by atoms with Crippen LogP contribution in [0, 0.1) is 11.6 Å². The second-order valence-electron chi connectivity index (χ2n) is 4.49. The maximum atomic E-state index is 13.0. The monoisotopic (exact) mass is 291 g/mol. The second kappa shape index (κ2) is 6.83. The van der Waals surface area contributed by atoms with E-state index in [9.17, 15) is 8.78 Å². The van der Waals surface area contributed by atoms with Gasteiger partial charge in [-0.1, -0.05) is 12.1 Å². The Bertz CT molecular complexity index is 619. The first-order valence-electron chi connectivity index (χ1n) is 6.51. The van der Waals surface area contributed by atoms with Crippen LogP contribution < -0.4 is 4.74 Å². The highest BCUT2D eigenvalue weighted by Crippen LogP contribution is 2.16. The van der Waals surface area contributed by atoms with E-state index in [1.807, 2.05) is 6.92 Å². The molecule has 1 N–H and O–H groups in total. The zero-order valence-electron chi connectivity index (χ0n) is 11.5. The Morgan fingerprint density at radius 2 is 1.71 bits per heavy atom. The topological polar surface area (TPSA) is 41.8 Å². The van der Waals surface area contributed by atoms with Crippen molar-refractivity contribution >= 4 is 5.71 Å². The minimum Gasteiger partial charge on any atom is -0.489 e. The molecule has 0 aliphatic rings. The highest BCUT2D eigenvalue weighted by Gasteiger charge is 2.04. The number of halogens is 2. The minimum atomic E-state index is -0.629. The average molecular weight is 291 g/mol. The minimum absolute atomic E-state index is 0.0722. The second-order valence-corrected chi connectivity index (χ2v) is 4.49. The number of ether oxygens (including phenoxy) is 1. The molecule has 110 valence electrons. The van der Waals surface area contributed by atoms with E-state index in [2.05, 4.69) is 5.16 Å². The van der Waals surface area contributed by atoms with Gasteiger partial charge in [0.25, 0.3) is 0 Å². The number of benzene rings is 2. The van der Waals surface area contributed by atoms with Crippen molar-refractivity contribution in [3.63, 3.8) is 0 Å². The van der Waals surface area contributed by atoms with Gasteiger partial charge in [0.05, 0.1) is 5.71 Å². The van der Waals surface area contributed by atoms with Gasteiger partial charge in [-0.25, -0.2) is 8.78 Å². The van der Waals surface area contributed by atoms with Crippen molar-refractivity contribution in [3.05, 3.63) is 65.2 Å². The smallest absolute Gasteiger partial charge is 0.126 e. The largest absolute Gasteiger partial charge is 0.489 e. The molecule has 0 radical (unpaired) electrons. The van der Waals surface area contributed by atoms with Gasteiger partial charge in [-0.05, 0) is 53.9 Å². The summed E-state index contributed by atoms with van der Waals surface area (Å²) in [5, 5.41) is 12.1. The van der Waals surface area contributed by atoms with Gasteiger partial charge in [-0.15, -0.1) is 0 Å². The molecule has 0 unspecified atom stereocenters. The van der Waals surface area contributed by atoms with Gasteiger partial charge in [0, 0.05) is 6.07 Å². The summed E-state index contributed by atoms with van der Waals surface area (Å²) in [6, 6.07) is 10.2. The summed E-state index contributed by atoms with van der Waals surface area (Å²) in [6.45, 7) is 1.96. The lowest BCUT2D eigenvalue weighted by atomic mass is 10.1. The van der Waals surface area contributed by atoms with Crippen LogP contribution in [-0.4, -0.2) is 10.9 Å². The Kier molecular flexibility index (Phi) is 4.87. The molecule has 5 heteroatoms. The van der Waals surface area contributed by atoms with Gasteiger partial charge in [0.15, 0.2) is 0 Å². The van der Waals surface area contributed by atoms with E-state index < -0.39 is 11.6 Å². The Hall–Kier alpha value is -2.43. The molecule has 0 saturated carbocycles. The van der Waals surface area contributed by atoms with Gasteiger partial charge in [0.2, 0.25) is 0 Å². The molecule has 0 aromatic heterocycles. The summed E-state index contributed by atoms with van der Waals surface area (Å²) in [7, 11) is 0. The van der Waals surface area contributed by atoms with Crippen LogP contribution in [-0.2, 0) is 6.61 Å². The fourth-order valence-electron chi connectivity index (χ4n) is 1.94. The molecule has 21 heavy (non-hydrogen) atoms. The molecule has 0 aliphatic carbocycles. The normalized spacial score (nSPS) is 11.5. The molecule has 0 heterocycles. The molecule has 2 aromatic rings. The van der Waals surface area contributed by atoms with Crippen molar-refractivity contribution in [1.82, 2.24) is 0 Å². The van der Waals surface area contributed by atoms with E-state index in [-0.39, 0.29) is 6.61 Å². The third-order valence-corrected chi connectivity index (χ3v) is 2.97. The Balaban J connectivity index is 2.04. The highest BCUT2D eigenvalue weighted by atomic mass is 19.1. The van der Waals surface area contributed by atoms with Crippen molar-refractivity contribution in [3.8, 4) is 5.75 Å². The van der Waals surface area contributed by atoms with Gasteiger partial charge in [-0.2, -0.15) is 0 Å². The number of hydrogen-bond acceptors (Lipinski definition) is 3. The Labute approximate surface area is 121 Å². The lowest BCUT2D eigenvalue weighted by Gasteiger charge is -2.08. The summed E-state index contributed by atoms with van der Waals surface area (Å²) in [4.78, 5) is 0. The van der Waals surface area contributed by atoms with Crippen molar-refractivity contribution in [2.75, 3.05) is 0 Å². The van der Waals surface area contributed by atoms with Crippen LogP contribution in [0.3, 0.4) is 0 Å². The van der Waals surface area contributed by atoms with E-state index in [1.54, 1.807) is 24.3 Å². The maximum absolute atomic E-state index is 13.0. The Morgan fingerprint density at radius 3 is 2.24 bits per heavy atom. The quantitative estimate of drug-likeness (QED) is 0.511. The molecule has 0 atom stereocenters. The highest BCUT2D eigenvalue weighted by molar-refractivity contribution is 6.00. The summed E-state index contributed by atoms with van der Waals surface area (Å²) in [5.41, 5.74) is 1.79. The average Bonchev–Trinajstić information content (AvgIpc) is 2.47. The van der Waals surface area contributed by atoms with E-state index in [1.165, 1.54) is 12.1 Å². The van der Waals surface area contributed by atoms with E-state index in [0.29, 0.717) is 23.4 Å². The van der Waals surface area contributed by atoms with Crippen molar-refractivity contribution < 1.29 is 18.7 Å². The number of oxime groups is 1. The molecule has 2 aromatic carbocycles. The molecule has 0 aliphatic heterocycles. The first-order chi connectivity index (χ1) is 10.1. The molecule has 2 rings (SSSR count). The van der Waals surface area contributed by atoms with Crippen LogP contribution >= 0.6 is 0 Å². The fourth-order valence-corrected chi connectivity index (χ4v) is 1.94. The standard InChI is InChI=1S/C16H15F2NO2/c1-2-16(19-20)12-3-5-15(6-4-12)21-10-11-7-13(17)9-14(18)8-11/h3-9,20H,2,10H2,1H3/b19-16-. The SMILES string of the molecule is CC/C(=N/O)c1ccc(OCc2cc(F)cc(F)c2)cc1. The van der Waals surface area contributed by atoms with E-state index in [4.69, 9.17) is 9.94 Å². The van der Waals surface area contributed by atoms with Crippen LogP contribution in [0.15, 0.2) is 47.6 Å². The molecule has 0 amide bonds. The molecular formula is C16H15F2NO2. The molecule has 0 bridgehead atoms. The molecule has 0 saturated heterocycles. The van der Waals surface area contributed by atoms with Gasteiger partial charge in [0.1, 0.15) is 24.0 Å². The van der Waals surface area contributed by atoms with Crippen LogP contribution in [0.25, 0.3) is 0 Å². The summed E-state index contributed by atoms with van der Waals surface area (Å²) >= 11 is 0. The zero-order chi connectivity index (χ0) is 15.2. The number of hydrogen-bond donors (Lipinski definition) is 1. The first-order valence-corrected chi connectivity index (χ1v) is 6.51. The summed E-state index contributed by atoms with van der Waals surface area (Å²) in [5.74, 6) is -0.691. The molecule has 0 fully saturated rings. The zero-order valence-corrected chi connectivity index (χ0v) is 11.5. The van der Waals surface area contributed by atoms with Crippen molar-refractivity contribution in [2.24, 2.45) is 5.16 Å². The lowest BCUT2D eigenvalue weighted by Crippen LogP contribution is -2.00. The van der Waals surface area contributed by atoms with E-state index in [0.717, 1.165) is 11.6 Å². The fraction of sp³-hybridized carbons (Fsp3) is 0.188. The van der Waals surface area contributed by atoms with Crippen LogP contribution in [0.4, 0.5) is 8.78 Å². The number of nitrogens with zero attached hydrogens (tertiary/aromatic N) is 1. The van der Waals surface area contributed by atoms with Crippen molar-refractivity contribution in [1.29, 1.82) is 0 Å². The van der Waals surface area contributed by atoms with E-state index >= 15 is 0 Å². The summed E-state index contributed by atoms with van der Waals surface area (Å²) in [6.07, 6.45) is 0.610. The predicted octanol–water partition coefficient (Wildman–Crippen LogP) is 4.13. The maximum Gasteiger partial charge on any atom is 0.126 e. The lowest BCUT2D eigenvalue weighted by molar-refractivity contribution is 0.304. The van der Waals surface area contributed by atoms with Gasteiger partial charge >= 0.3 is 0 Å². The third kappa shape index (κ3) is 4.02. The first kappa shape index (κ1) is 15.0. The van der Waals surface area contributed by atoms with Crippen molar-refractivity contribution in [2.45, 2.75) is 20.0 Å². The molecule has 3 nitrogen and oxygen atoms in total. The van der Waals surface area contributed by atoms with Crippen LogP contribution in [0.2, 0.25) is 0 Å². The predicted molar refractivity (Wildman–Crippen MR) is 75.7 cm³/mol. The molecular weight excluding hydrogens is 276 g/mol. The summed E-state index contributed by atoms with van der Waals surface area (Å²) < 4.78 is 31.6. The van der Waals surface area contributed by atoms with Crippen LogP contribution in [0.5, 0.6) is 5.75 Å². The Morgan fingerprint density at radius 1 is 1.10 bits per heavy atom. The van der Waals surface area contributed by atoms with Gasteiger partial charge in [-0.3, -0.25) is 0 Å². The van der Waals surface area contributed by atoms with Gasteiger partial charge < -0.3 is 9.94 Å². The number of rotatable bonds is 5.